The van der Waals surface area contributed by atoms with Gasteiger partial charge in [0.15, 0.2) is 10.6 Å². The van der Waals surface area contributed by atoms with Crippen molar-refractivity contribution in [2.75, 3.05) is 0 Å². The summed E-state index contributed by atoms with van der Waals surface area (Å²) < 4.78 is 43.0. The summed E-state index contributed by atoms with van der Waals surface area (Å²) in [5.41, 5.74) is 0.176. The smallest absolute Gasteiger partial charge is 0.291 e. The maximum atomic E-state index is 13.0. The van der Waals surface area contributed by atoms with Crippen LogP contribution in [0.4, 0.5) is 13.2 Å². The van der Waals surface area contributed by atoms with Crippen molar-refractivity contribution >= 4 is 33.8 Å². The van der Waals surface area contributed by atoms with Crippen LogP contribution in [0.25, 0.3) is 15.9 Å². The number of thiazole rings is 1. The highest BCUT2D eigenvalue weighted by Gasteiger charge is 2.30. The number of H-pyrrole nitrogens is 1. The molecule has 0 saturated carbocycles. The molecule has 0 fully saturated rings. The highest BCUT2D eigenvalue weighted by Crippen LogP contribution is 2.30. The van der Waals surface area contributed by atoms with Gasteiger partial charge in [-0.2, -0.15) is 18.3 Å². The summed E-state index contributed by atoms with van der Waals surface area (Å²) in [6.07, 6.45) is -4.47. The second-order valence-corrected chi connectivity index (χ2v) is 7.13. The van der Waals surface area contributed by atoms with E-state index in [0.29, 0.717) is 5.82 Å². The van der Waals surface area contributed by atoms with Gasteiger partial charge in [-0.05, 0) is 42.5 Å². The van der Waals surface area contributed by atoms with Gasteiger partial charge < -0.3 is 0 Å². The molecule has 0 amide bonds. The minimum atomic E-state index is -4.47. The summed E-state index contributed by atoms with van der Waals surface area (Å²) in [6, 6.07) is 12.1. The van der Waals surface area contributed by atoms with Crippen molar-refractivity contribution in [1.82, 2.24) is 19.3 Å². The van der Waals surface area contributed by atoms with Gasteiger partial charge in [0, 0.05) is 0 Å². The van der Waals surface area contributed by atoms with E-state index in [1.807, 2.05) is 24.3 Å². The number of halogens is 3. The lowest BCUT2D eigenvalue weighted by Crippen LogP contribution is -2.17. The van der Waals surface area contributed by atoms with Crippen LogP contribution in [0.2, 0.25) is 0 Å². The van der Waals surface area contributed by atoms with Crippen molar-refractivity contribution in [2.45, 2.75) is 12.7 Å². The molecule has 0 saturated heterocycles. The molecule has 2 aromatic carbocycles. The van der Waals surface area contributed by atoms with E-state index in [1.54, 1.807) is 0 Å². The summed E-state index contributed by atoms with van der Waals surface area (Å²) in [6.45, 7) is 0.0756. The number of nitrogens with zero attached hydrogens (tertiary/aromatic N) is 3. The average molecular weight is 408 g/mol. The zero-order valence-corrected chi connectivity index (χ0v) is 15.2. The number of aromatic nitrogens is 4. The summed E-state index contributed by atoms with van der Waals surface area (Å²) in [7, 11) is 0. The number of fused-ring (bicyclic) bond motifs is 1. The Hall–Kier alpha value is -2.72. The van der Waals surface area contributed by atoms with Crippen LogP contribution < -0.4 is 4.87 Å². The molecule has 0 radical (unpaired) electrons. The molecule has 2 heterocycles. The molecule has 0 spiro atoms. The van der Waals surface area contributed by atoms with Crippen molar-refractivity contribution in [3.8, 4) is 5.69 Å². The van der Waals surface area contributed by atoms with Crippen LogP contribution in [0.3, 0.4) is 0 Å². The van der Waals surface area contributed by atoms with E-state index >= 15 is 0 Å². The molecular formula is C17H11F3N4OS2. The molecule has 10 heteroatoms. The Labute approximate surface area is 159 Å². The van der Waals surface area contributed by atoms with E-state index in [4.69, 9.17) is 12.2 Å². The first-order chi connectivity index (χ1) is 12.8. The predicted molar refractivity (Wildman–Crippen MR) is 98.9 cm³/mol. The van der Waals surface area contributed by atoms with Crippen LogP contribution in [0.5, 0.6) is 0 Å². The van der Waals surface area contributed by atoms with Gasteiger partial charge >= 0.3 is 11.0 Å². The molecule has 0 aliphatic carbocycles. The van der Waals surface area contributed by atoms with E-state index in [1.165, 1.54) is 21.3 Å². The lowest BCUT2D eigenvalue weighted by Gasteiger charge is -2.11. The molecule has 2 aromatic heterocycles. The summed E-state index contributed by atoms with van der Waals surface area (Å²) in [5, 5.41) is 6.71. The molecule has 5 nitrogen and oxygen atoms in total. The maximum absolute atomic E-state index is 13.0. The van der Waals surface area contributed by atoms with Crippen molar-refractivity contribution in [2.24, 2.45) is 0 Å². The zero-order chi connectivity index (χ0) is 19.2. The lowest BCUT2D eigenvalue weighted by atomic mass is 10.2. The van der Waals surface area contributed by atoms with Gasteiger partial charge in [-0.1, -0.05) is 29.5 Å². The Morgan fingerprint density at radius 1 is 1.15 bits per heavy atom. The summed E-state index contributed by atoms with van der Waals surface area (Å²) in [4.78, 5) is 12.2. The van der Waals surface area contributed by atoms with Crippen molar-refractivity contribution in [3.05, 3.63) is 74.4 Å². The normalized spacial score (nSPS) is 12.0. The third kappa shape index (κ3) is 3.21. The van der Waals surface area contributed by atoms with E-state index in [9.17, 15) is 18.0 Å². The first-order valence-corrected chi connectivity index (χ1v) is 8.99. The van der Waals surface area contributed by atoms with Gasteiger partial charge in [0.25, 0.3) is 0 Å². The number of rotatable bonds is 3. The molecule has 0 bridgehead atoms. The molecule has 4 aromatic rings. The van der Waals surface area contributed by atoms with Crippen molar-refractivity contribution < 1.29 is 13.2 Å². The van der Waals surface area contributed by atoms with Crippen LogP contribution in [-0.2, 0) is 12.7 Å². The van der Waals surface area contributed by atoms with E-state index in [-0.39, 0.29) is 21.9 Å². The maximum Gasteiger partial charge on any atom is 0.416 e. The van der Waals surface area contributed by atoms with Gasteiger partial charge in [0.05, 0.1) is 28.0 Å². The minimum Gasteiger partial charge on any atom is -0.291 e. The van der Waals surface area contributed by atoms with Gasteiger partial charge in [0.1, 0.15) is 0 Å². The van der Waals surface area contributed by atoms with Crippen LogP contribution in [0.1, 0.15) is 11.4 Å². The number of hydrogen-bond donors (Lipinski definition) is 1. The fourth-order valence-corrected chi connectivity index (χ4v) is 3.98. The van der Waals surface area contributed by atoms with E-state index in [0.717, 1.165) is 33.7 Å². The first-order valence-electron chi connectivity index (χ1n) is 7.77. The Morgan fingerprint density at radius 3 is 2.70 bits per heavy atom. The number of hydrogen-bond acceptors (Lipinski definition) is 4. The quantitative estimate of drug-likeness (QED) is 0.512. The molecule has 27 heavy (non-hydrogen) atoms. The van der Waals surface area contributed by atoms with Crippen LogP contribution in [0, 0.1) is 4.77 Å². The molecule has 0 atom stereocenters. The number of benzene rings is 2. The number of alkyl halides is 3. The second-order valence-electron chi connectivity index (χ2n) is 5.75. The zero-order valence-electron chi connectivity index (χ0n) is 13.5. The Balaban J connectivity index is 1.83. The number of nitrogens with one attached hydrogen (secondary N) is 1. The SMILES string of the molecule is O=c1sc2ccccc2n1Cc1n[nH]c(=S)n1-c1cccc(C(F)(F)F)c1. The molecule has 0 aliphatic heterocycles. The van der Waals surface area contributed by atoms with Crippen LogP contribution in [0.15, 0.2) is 53.3 Å². The molecule has 4 rings (SSSR count). The molecule has 0 aliphatic rings. The van der Waals surface area contributed by atoms with Crippen LogP contribution >= 0.6 is 23.6 Å². The molecular weight excluding hydrogens is 397 g/mol. The summed E-state index contributed by atoms with van der Waals surface area (Å²) >= 11 is 6.29. The molecule has 0 unspecified atom stereocenters. The largest absolute Gasteiger partial charge is 0.416 e. The molecule has 1 N–H and O–H groups in total. The van der Waals surface area contributed by atoms with E-state index in [2.05, 4.69) is 10.2 Å². The number of para-hydroxylation sites is 1. The molecule has 138 valence electrons. The average Bonchev–Trinajstić information content (AvgIpc) is 3.15. The van der Waals surface area contributed by atoms with Gasteiger partial charge in [-0.15, -0.1) is 0 Å². The first kappa shape index (κ1) is 17.7. The van der Waals surface area contributed by atoms with Gasteiger partial charge in [-0.25, -0.2) is 0 Å². The highest BCUT2D eigenvalue weighted by atomic mass is 32.1. The third-order valence-electron chi connectivity index (χ3n) is 4.05. The monoisotopic (exact) mass is 408 g/mol. The standard InChI is InChI=1S/C17H11F3N4OS2/c18-17(19,20)10-4-3-5-11(8-10)24-14(21-22-15(24)26)9-23-12-6-1-2-7-13(12)27-16(23)25/h1-8H,9H2,(H,22,26). The van der Waals surface area contributed by atoms with Gasteiger partial charge in [-0.3, -0.25) is 19.0 Å². The predicted octanol–water partition coefficient (Wildman–Crippen LogP) is 4.37. The van der Waals surface area contributed by atoms with Crippen LogP contribution in [-0.4, -0.2) is 19.3 Å². The Kier molecular flexibility index (Phi) is 4.23. The third-order valence-corrected chi connectivity index (χ3v) is 5.28. The minimum absolute atomic E-state index is 0.0756. The number of aromatic amines is 1. The fraction of sp³-hybridized carbons (Fsp3) is 0.118. The van der Waals surface area contributed by atoms with Crippen molar-refractivity contribution in [3.63, 3.8) is 0 Å². The topological polar surface area (TPSA) is 55.6 Å². The summed E-state index contributed by atoms with van der Waals surface area (Å²) in [5.74, 6) is 0.338. The van der Waals surface area contributed by atoms with Gasteiger partial charge in [0.2, 0.25) is 0 Å². The second kappa shape index (κ2) is 6.46. The lowest BCUT2D eigenvalue weighted by molar-refractivity contribution is -0.137. The fourth-order valence-electron chi connectivity index (χ4n) is 2.83. The Morgan fingerprint density at radius 2 is 1.93 bits per heavy atom. The Bertz CT molecular complexity index is 1250. The highest BCUT2D eigenvalue weighted by molar-refractivity contribution is 7.71. The van der Waals surface area contributed by atoms with E-state index < -0.39 is 11.7 Å². The van der Waals surface area contributed by atoms with Crippen molar-refractivity contribution in [1.29, 1.82) is 0 Å².